The van der Waals surface area contributed by atoms with Crippen molar-refractivity contribution in [1.82, 2.24) is 25.2 Å². The second-order valence-corrected chi connectivity index (χ2v) is 13.4. The molecule has 0 spiro atoms. The number of nitrogens with zero attached hydrogens (tertiary/aromatic N) is 3. The number of amidine groups is 1. The fraction of sp³-hybridized carbons (Fsp3) is 0.424. The molecule has 6 rings (SSSR count). The number of H-pyrrole nitrogens is 1. The number of fused-ring (bicyclic) bond motifs is 1. The lowest BCUT2D eigenvalue weighted by molar-refractivity contribution is 0.312. The molecule has 4 aromatic rings. The molecule has 3 atom stereocenters. The lowest BCUT2D eigenvalue weighted by Gasteiger charge is -2.31. The standard InChI is InChI=1S/C33H39ClFN7OS/c1-20(36)4-2-5-21-16-26(30(35)27(34)17-21)29-18-23-19-42(33(43)41-31(23)40-29)25-10-8-22(9-11-25)28-7-3-6-24(39-28)12-13-37-32-38-14-15-44-32/h8-11,16-20,24,28,39H,2-7,12-15,36H2,1H3,(H,37,38)(H,40,41,43)/t20-,24-,28-/m0/s1. The van der Waals surface area contributed by atoms with E-state index >= 15 is 4.39 Å². The molecule has 0 saturated carbocycles. The molecule has 2 aliphatic rings. The maximum Gasteiger partial charge on any atom is 0.354 e. The average molecular weight is 636 g/mol. The number of nitrogens with two attached hydrogens (primary N) is 1. The number of halogens is 2. The summed E-state index contributed by atoms with van der Waals surface area (Å²) in [5, 5.41) is 9.12. The Morgan fingerprint density at radius 2 is 2.07 bits per heavy atom. The molecule has 232 valence electrons. The molecule has 1 fully saturated rings. The van der Waals surface area contributed by atoms with Gasteiger partial charge in [-0.1, -0.05) is 41.9 Å². The zero-order valence-electron chi connectivity index (χ0n) is 24.9. The van der Waals surface area contributed by atoms with Crippen LogP contribution in [0.5, 0.6) is 0 Å². The third-order valence-corrected chi connectivity index (χ3v) is 9.63. The number of aryl methyl sites for hydroxylation is 1. The molecule has 8 nitrogen and oxygen atoms in total. The summed E-state index contributed by atoms with van der Waals surface area (Å²) in [6.07, 6.45) is 8.75. The van der Waals surface area contributed by atoms with Crippen LogP contribution >= 0.6 is 23.4 Å². The van der Waals surface area contributed by atoms with E-state index in [1.165, 1.54) is 23.0 Å². The van der Waals surface area contributed by atoms with E-state index in [9.17, 15) is 4.79 Å². The van der Waals surface area contributed by atoms with E-state index in [0.29, 0.717) is 28.3 Å². The molecule has 0 aliphatic carbocycles. The number of nitrogens with one attached hydrogen (secondary N) is 3. The predicted molar refractivity (Wildman–Crippen MR) is 180 cm³/mol. The van der Waals surface area contributed by atoms with Gasteiger partial charge in [0.05, 0.1) is 22.9 Å². The van der Waals surface area contributed by atoms with Gasteiger partial charge < -0.3 is 21.4 Å². The number of aromatic amines is 1. The van der Waals surface area contributed by atoms with Crippen LogP contribution in [0.3, 0.4) is 0 Å². The molecule has 5 N–H and O–H groups in total. The van der Waals surface area contributed by atoms with E-state index in [-0.39, 0.29) is 17.1 Å². The van der Waals surface area contributed by atoms with Crippen molar-refractivity contribution >= 4 is 39.6 Å². The zero-order valence-corrected chi connectivity index (χ0v) is 26.5. The normalized spacial score (nSPS) is 19.3. The van der Waals surface area contributed by atoms with Crippen molar-refractivity contribution in [3.05, 3.63) is 81.1 Å². The SMILES string of the molecule is C[C@H](N)CCCc1cc(Cl)c(F)c(-c2cc3cn(-c4ccc([C@@H]5CCC[C@@H](CCNC6=NCCS6)N5)cc4)c(=O)nc3[nH]2)c1. The minimum absolute atomic E-state index is 0.0677. The number of hydrogen-bond acceptors (Lipinski definition) is 7. The molecular weight excluding hydrogens is 597 g/mol. The van der Waals surface area contributed by atoms with E-state index in [1.807, 2.05) is 31.2 Å². The lowest BCUT2D eigenvalue weighted by atomic mass is 9.92. The summed E-state index contributed by atoms with van der Waals surface area (Å²) in [4.78, 5) is 24.9. The fourth-order valence-corrected chi connectivity index (χ4v) is 7.12. The smallest absolute Gasteiger partial charge is 0.354 e. The number of benzene rings is 2. The summed E-state index contributed by atoms with van der Waals surface area (Å²) in [5.74, 6) is 0.571. The van der Waals surface area contributed by atoms with Gasteiger partial charge in [-0.25, -0.2) is 9.18 Å². The van der Waals surface area contributed by atoms with Crippen LogP contribution in [0.15, 0.2) is 58.4 Å². The minimum Gasteiger partial charge on any atom is -0.365 e. The highest BCUT2D eigenvalue weighted by Gasteiger charge is 2.22. The summed E-state index contributed by atoms with van der Waals surface area (Å²) in [6.45, 7) is 3.81. The van der Waals surface area contributed by atoms with Crippen molar-refractivity contribution < 1.29 is 4.39 Å². The van der Waals surface area contributed by atoms with Crippen molar-refractivity contribution in [2.24, 2.45) is 10.7 Å². The lowest BCUT2D eigenvalue weighted by Crippen LogP contribution is -2.39. The van der Waals surface area contributed by atoms with Gasteiger partial charge in [-0.3, -0.25) is 9.56 Å². The molecule has 2 aliphatic heterocycles. The van der Waals surface area contributed by atoms with E-state index in [2.05, 4.69) is 37.7 Å². The van der Waals surface area contributed by atoms with Gasteiger partial charge in [0.25, 0.3) is 0 Å². The van der Waals surface area contributed by atoms with Crippen LogP contribution in [0.2, 0.25) is 5.02 Å². The summed E-state index contributed by atoms with van der Waals surface area (Å²) < 4.78 is 16.7. The summed E-state index contributed by atoms with van der Waals surface area (Å²) in [6, 6.07) is 14.2. The van der Waals surface area contributed by atoms with E-state index in [4.69, 9.17) is 17.3 Å². The quantitative estimate of drug-likeness (QED) is 0.167. The van der Waals surface area contributed by atoms with Gasteiger partial charge in [-0.2, -0.15) is 4.98 Å². The van der Waals surface area contributed by atoms with Crippen LogP contribution < -0.4 is 22.1 Å². The highest BCUT2D eigenvalue weighted by Crippen LogP contribution is 2.32. The second-order valence-electron chi connectivity index (χ2n) is 11.9. The van der Waals surface area contributed by atoms with Gasteiger partial charge in [-0.05, 0) is 86.9 Å². The summed E-state index contributed by atoms with van der Waals surface area (Å²) in [7, 11) is 0. The number of hydrogen-bond donors (Lipinski definition) is 4. The second kappa shape index (κ2) is 13.9. The van der Waals surface area contributed by atoms with Crippen molar-refractivity contribution in [2.75, 3.05) is 18.8 Å². The third kappa shape index (κ3) is 7.20. The van der Waals surface area contributed by atoms with Crippen LogP contribution in [0, 0.1) is 5.82 Å². The van der Waals surface area contributed by atoms with Crippen LogP contribution in [-0.4, -0.2) is 50.6 Å². The Kier molecular flexibility index (Phi) is 9.71. The topological polar surface area (TPSA) is 113 Å². The maximum absolute atomic E-state index is 15.1. The van der Waals surface area contributed by atoms with Gasteiger partial charge in [-0.15, -0.1) is 0 Å². The van der Waals surface area contributed by atoms with Gasteiger partial charge >= 0.3 is 5.69 Å². The zero-order chi connectivity index (χ0) is 30.6. The molecule has 44 heavy (non-hydrogen) atoms. The molecule has 0 bridgehead atoms. The fourth-order valence-electron chi connectivity index (χ4n) is 6.11. The van der Waals surface area contributed by atoms with Gasteiger partial charge in [0.1, 0.15) is 5.65 Å². The van der Waals surface area contributed by atoms with Crippen molar-refractivity contribution in [3.63, 3.8) is 0 Å². The summed E-state index contributed by atoms with van der Waals surface area (Å²) in [5.41, 5.74) is 9.64. The number of aromatic nitrogens is 3. The van der Waals surface area contributed by atoms with Crippen molar-refractivity contribution in [2.45, 2.75) is 70.0 Å². The summed E-state index contributed by atoms with van der Waals surface area (Å²) >= 11 is 8.06. The highest BCUT2D eigenvalue weighted by molar-refractivity contribution is 8.14. The first-order valence-electron chi connectivity index (χ1n) is 15.5. The minimum atomic E-state index is -0.503. The Morgan fingerprint density at radius 1 is 1.23 bits per heavy atom. The largest absolute Gasteiger partial charge is 0.365 e. The van der Waals surface area contributed by atoms with E-state index < -0.39 is 11.5 Å². The average Bonchev–Trinajstić information content (AvgIpc) is 3.68. The first kappa shape index (κ1) is 30.8. The van der Waals surface area contributed by atoms with Crippen LogP contribution in [0.25, 0.3) is 28.0 Å². The Balaban J connectivity index is 1.16. The van der Waals surface area contributed by atoms with Crippen LogP contribution in [-0.2, 0) is 6.42 Å². The molecule has 11 heteroatoms. The molecule has 0 radical (unpaired) electrons. The molecule has 1 saturated heterocycles. The number of aliphatic imine (C=N–C) groups is 1. The van der Waals surface area contributed by atoms with E-state index in [0.717, 1.165) is 67.4 Å². The Labute approximate surface area is 266 Å². The molecule has 0 unspecified atom stereocenters. The number of piperidine rings is 1. The van der Waals surface area contributed by atoms with Crippen molar-refractivity contribution in [1.29, 1.82) is 0 Å². The molecule has 2 aromatic heterocycles. The Hall–Kier alpha value is -3.18. The van der Waals surface area contributed by atoms with Gasteiger partial charge in [0.15, 0.2) is 11.0 Å². The van der Waals surface area contributed by atoms with Crippen LogP contribution in [0.4, 0.5) is 4.39 Å². The monoisotopic (exact) mass is 635 g/mol. The Bertz CT molecular complexity index is 1700. The molecule has 2 aromatic carbocycles. The molecular formula is C33H39ClFN7OS. The van der Waals surface area contributed by atoms with E-state index in [1.54, 1.807) is 24.0 Å². The van der Waals surface area contributed by atoms with Gasteiger partial charge in [0, 0.05) is 47.6 Å². The van der Waals surface area contributed by atoms with Crippen molar-refractivity contribution in [3.8, 4) is 16.9 Å². The first-order valence-corrected chi connectivity index (χ1v) is 16.8. The first-order chi connectivity index (χ1) is 21.3. The molecule has 4 heterocycles. The molecule has 0 amide bonds. The highest BCUT2D eigenvalue weighted by atomic mass is 35.5. The number of thioether (sulfide) groups is 1. The predicted octanol–water partition coefficient (Wildman–Crippen LogP) is 6.11. The Morgan fingerprint density at radius 3 is 2.84 bits per heavy atom. The van der Waals surface area contributed by atoms with Gasteiger partial charge in [0.2, 0.25) is 0 Å². The third-order valence-electron chi connectivity index (χ3n) is 8.42. The maximum atomic E-state index is 15.1. The number of rotatable bonds is 10. The van der Waals surface area contributed by atoms with Crippen LogP contribution in [0.1, 0.15) is 62.6 Å².